The van der Waals surface area contributed by atoms with Crippen LogP contribution in [0.2, 0.25) is 0 Å². The molecule has 2 nitrogen and oxygen atoms in total. The molecule has 0 amide bonds. The van der Waals surface area contributed by atoms with Crippen molar-refractivity contribution in [3.8, 4) is 0 Å². The van der Waals surface area contributed by atoms with E-state index in [4.69, 9.17) is 9.47 Å². The first-order valence-corrected chi connectivity index (χ1v) is 3.27. The zero-order chi connectivity index (χ0) is 6.81. The summed E-state index contributed by atoms with van der Waals surface area (Å²) >= 11 is 0. The first kappa shape index (κ1) is 6.13. The van der Waals surface area contributed by atoms with Gasteiger partial charge in [0, 0.05) is 0 Å². The summed E-state index contributed by atoms with van der Waals surface area (Å²) in [6.07, 6.45) is 4.08. The Morgan fingerprint density at radius 1 is 0.900 bits per heavy atom. The van der Waals surface area contributed by atoms with E-state index in [9.17, 15) is 0 Å². The molecule has 2 rings (SSSR count). The third-order valence-electron chi connectivity index (χ3n) is 1.55. The number of hydrogen-bond acceptors (Lipinski definition) is 2. The molecule has 0 aromatic heterocycles. The summed E-state index contributed by atoms with van der Waals surface area (Å²) in [5, 5.41) is 0. The third-order valence-corrected chi connectivity index (χ3v) is 1.55. The first-order chi connectivity index (χ1) is 4.97. The van der Waals surface area contributed by atoms with Gasteiger partial charge in [-0.05, 0) is 11.1 Å². The predicted octanol–water partition coefficient (Wildman–Crippen LogP) is 1.22. The van der Waals surface area contributed by atoms with Crippen molar-refractivity contribution in [2.75, 3.05) is 13.2 Å². The summed E-state index contributed by atoms with van der Waals surface area (Å²) in [7, 11) is 0. The zero-order valence-corrected chi connectivity index (χ0v) is 5.54. The van der Waals surface area contributed by atoms with Gasteiger partial charge in [-0.2, -0.15) is 0 Å². The van der Waals surface area contributed by atoms with E-state index >= 15 is 0 Å². The van der Waals surface area contributed by atoms with E-state index in [1.165, 1.54) is 0 Å². The molecule has 52 valence electrons. The first-order valence-electron chi connectivity index (χ1n) is 3.27. The molecule has 10 heavy (non-hydrogen) atoms. The monoisotopic (exact) mass is 136 g/mol. The second-order valence-electron chi connectivity index (χ2n) is 2.22. The van der Waals surface area contributed by atoms with E-state index in [1.807, 2.05) is 12.2 Å². The van der Waals surface area contributed by atoms with Crippen LogP contribution in [-0.2, 0) is 9.47 Å². The Kier molecular flexibility index (Phi) is 1.57. The molecule has 0 unspecified atom stereocenters. The molecule has 2 heteroatoms. The second kappa shape index (κ2) is 2.56. The molecule has 0 aromatic rings. The van der Waals surface area contributed by atoms with Crippen molar-refractivity contribution in [2.24, 2.45) is 0 Å². The van der Waals surface area contributed by atoms with E-state index in [-0.39, 0.29) is 0 Å². The van der Waals surface area contributed by atoms with Gasteiger partial charge in [0.15, 0.2) is 0 Å². The van der Waals surface area contributed by atoms with Crippen LogP contribution in [0, 0.1) is 13.2 Å². The maximum absolute atomic E-state index is 5.04. The van der Waals surface area contributed by atoms with Crippen LogP contribution < -0.4 is 0 Å². The SMILES string of the molecule is [CH]1OCC=C1C1=CCO[CH]1. The quantitative estimate of drug-likeness (QED) is 0.539. The second-order valence-corrected chi connectivity index (χ2v) is 2.22. The van der Waals surface area contributed by atoms with Crippen LogP contribution in [0.4, 0.5) is 0 Å². The standard InChI is InChI=1S/C8H8O2/c1-3-9-5-7(1)8-2-4-10-6-8/h1-2,5-6H,3-4H2. The Morgan fingerprint density at radius 3 is 1.70 bits per heavy atom. The average Bonchev–Trinajstić information content (AvgIpc) is 2.59. The van der Waals surface area contributed by atoms with Gasteiger partial charge >= 0.3 is 0 Å². The predicted molar refractivity (Wildman–Crippen MR) is 36.7 cm³/mol. The summed E-state index contributed by atoms with van der Waals surface area (Å²) in [6, 6.07) is 0. The molecule has 0 bridgehead atoms. The van der Waals surface area contributed by atoms with Crippen LogP contribution in [0.15, 0.2) is 23.3 Å². The Morgan fingerprint density at radius 2 is 1.40 bits per heavy atom. The highest BCUT2D eigenvalue weighted by molar-refractivity contribution is 5.42. The smallest absolute Gasteiger partial charge is 0.113 e. The lowest BCUT2D eigenvalue weighted by atomic mass is 10.1. The molecule has 2 aliphatic heterocycles. The normalized spacial score (nSPS) is 24.8. The highest BCUT2D eigenvalue weighted by atomic mass is 16.5. The van der Waals surface area contributed by atoms with Gasteiger partial charge in [-0.25, -0.2) is 0 Å². The Bertz CT molecular complexity index is 169. The molecule has 2 radical (unpaired) electrons. The zero-order valence-electron chi connectivity index (χ0n) is 5.54. The van der Waals surface area contributed by atoms with Crippen LogP contribution in [-0.4, -0.2) is 13.2 Å². The summed E-state index contributed by atoms with van der Waals surface area (Å²) in [6.45, 7) is 4.91. The summed E-state index contributed by atoms with van der Waals surface area (Å²) < 4.78 is 10.1. The van der Waals surface area contributed by atoms with Crippen molar-refractivity contribution in [3.63, 3.8) is 0 Å². The molecule has 0 N–H and O–H groups in total. The van der Waals surface area contributed by atoms with Crippen molar-refractivity contribution in [2.45, 2.75) is 0 Å². The van der Waals surface area contributed by atoms with Crippen molar-refractivity contribution < 1.29 is 9.47 Å². The molecule has 0 saturated heterocycles. The van der Waals surface area contributed by atoms with Gasteiger partial charge in [-0.3, -0.25) is 0 Å². The molecule has 0 atom stereocenters. The van der Waals surface area contributed by atoms with Crippen LogP contribution >= 0.6 is 0 Å². The minimum atomic E-state index is 0.695. The minimum absolute atomic E-state index is 0.695. The van der Waals surface area contributed by atoms with E-state index < -0.39 is 0 Å². The highest BCUT2D eigenvalue weighted by Crippen LogP contribution is 2.24. The molecule has 0 aromatic carbocycles. The average molecular weight is 136 g/mol. The number of hydrogen-bond donors (Lipinski definition) is 0. The Hall–Kier alpha value is -0.600. The van der Waals surface area contributed by atoms with Gasteiger partial charge in [0.1, 0.15) is 13.2 Å². The molecule has 0 saturated carbocycles. The van der Waals surface area contributed by atoms with Gasteiger partial charge in [0.2, 0.25) is 0 Å². The minimum Gasteiger partial charge on any atom is -0.366 e. The lowest BCUT2D eigenvalue weighted by Crippen LogP contribution is -1.84. The molecule has 0 aliphatic carbocycles. The van der Waals surface area contributed by atoms with E-state index in [1.54, 1.807) is 13.2 Å². The summed E-state index contributed by atoms with van der Waals surface area (Å²) in [4.78, 5) is 0. The van der Waals surface area contributed by atoms with E-state index in [2.05, 4.69) is 0 Å². The topological polar surface area (TPSA) is 18.5 Å². The number of ether oxygens (including phenoxy) is 2. The molecule has 2 heterocycles. The fraction of sp³-hybridized carbons (Fsp3) is 0.250. The largest absolute Gasteiger partial charge is 0.366 e. The molecule has 0 spiro atoms. The van der Waals surface area contributed by atoms with E-state index in [0.29, 0.717) is 13.2 Å². The van der Waals surface area contributed by atoms with Crippen molar-refractivity contribution in [3.05, 3.63) is 36.5 Å². The van der Waals surface area contributed by atoms with Crippen LogP contribution in [0.1, 0.15) is 0 Å². The van der Waals surface area contributed by atoms with Crippen LogP contribution in [0.25, 0.3) is 0 Å². The van der Waals surface area contributed by atoms with Crippen LogP contribution in [0.3, 0.4) is 0 Å². The van der Waals surface area contributed by atoms with Gasteiger partial charge < -0.3 is 9.47 Å². The van der Waals surface area contributed by atoms with Crippen molar-refractivity contribution in [1.82, 2.24) is 0 Å². The molecule has 2 aliphatic rings. The van der Waals surface area contributed by atoms with Gasteiger partial charge in [-0.1, -0.05) is 12.2 Å². The van der Waals surface area contributed by atoms with Crippen molar-refractivity contribution in [1.29, 1.82) is 0 Å². The third kappa shape index (κ3) is 1.00. The lowest BCUT2D eigenvalue weighted by Gasteiger charge is -1.97. The summed E-state index contributed by atoms with van der Waals surface area (Å²) in [5.74, 6) is 0. The Balaban J connectivity index is 2.10. The highest BCUT2D eigenvalue weighted by Gasteiger charge is 2.14. The fourth-order valence-corrected chi connectivity index (χ4v) is 1.02. The van der Waals surface area contributed by atoms with Gasteiger partial charge in [0.25, 0.3) is 0 Å². The maximum Gasteiger partial charge on any atom is 0.113 e. The van der Waals surface area contributed by atoms with E-state index in [0.717, 1.165) is 11.1 Å². The summed E-state index contributed by atoms with van der Waals surface area (Å²) in [5.41, 5.74) is 2.27. The Labute approximate surface area is 60.1 Å². The molecule has 0 fully saturated rings. The molecular weight excluding hydrogens is 128 g/mol. The lowest BCUT2D eigenvalue weighted by molar-refractivity contribution is 0.261. The molecular formula is C8H8O2. The van der Waals surface area contributed by atoms with Gasteiger partial charge in [-0.15, -0.1) is 0 Å². The number of rotatable bonds is 1. The maximum atomic E-state index is 5.04. The van der Waals surface area contributed by atoms with Crippen LogP contribution in [0.5, 0.6) is 0 Å². The van der Waals surface area contributed by atoms with Gasteiger partial charge in [0.05, 0.1) is 13.2 Å². The fourth-order valence-electron chi connectivity index (χ4n) is 1.02. The van der Waals surface area contributed by atoms with Crippen molar-refractivity contribution >= 4 is 0 Å².